The minimum atomic E-state index is -0.651. The van der Waals surface area contributed by atoms with Gasteiger partial charge >= 0.3 is 11.9 Å². The molecule has 1 aromatic heterocycles. The normalized spacial score (nSPS) is 10.5. The molecule has 0 N–H and O–H groups in total. The van der Waals surface area contributed by atoms with Crippen LogP contribution in [0.4, 0.5) is 5.88 Å². The van der Waals surface area contributed by atoms with E-state index >= 15 is 0 Å². The molecule has 0 saturated carbocycles. The molecule has 0 bridgehead atoms. The van der Waals surface area contributed by atoms with E-state index in [-0.39, 0.29) is 18.3 Å². The fourth-order valence-electron chi connectivity index (χ4n) is 0.870. The number of rotatable bonds is 4. The molecule has 80 valence electrons. The van der Waals surface area contributed by atoms with Crippen molar-refractivity contribution in [1.29, 1.82) is 0 Å². The summed E-state index contributed by atoms with van der Waals surface area (Å²) in [7, 11) is 0. The molecule has 1 aromatic rings. The Morgan fingerprint density at radius 2 is 2.40 bits per heavy atom. The van der Waals surface area contributed by atoms with E-state index in [0.717, 1.165) is 6.08 Å². The van der Waals surface area contributed by atoms with Gasteiger partial charge in [0.05, 0.1) is 12.7 Å². The molecule has 0 spiro atoms. The van der Waals surface area contributed by atoms with Crippen LogP contribution in [0.15, 0.2) is 22.6 Å². The third-order valence-electron chi connectivity index (χ3n) is 1.46. The van der Waals surface area contributed by atoms with Crippen molar-refractivity contribution in [3.05, 3.63) is 34.1 Å². The molecule has 6 nitrogen and oxygen atoms in total. The van der Waals surface area contributed by atoms with Crippen LogP contribution in [0.25, 0.3) is 6.08 Å². The standard InChI is InChI=1S/C9H9NO5/c1-2-14-9(11)6-4-7-3-5-8(15-7)10(12)13/h3-6H,2H2,1H3/b6-4+. The van der Waals surface area contributed by atoms with Crippen molar-refractivity contribution >= 4 is 17.9 Å². The second-order valence-corrected chi connectivity index (χ2v) is 2.52. The summed E-state index contributed by atoms with van der Waals surface area (Å²) < 4.78 is 9.40. The molecule has 0 radical (unpaired) electrons. The molecule has 0 amide bonds. The smallest absolute Gasteiger partial charge is 0.433 e. The van der Waals surface area contributed by atoms with E-state index in [1.54, 1.807) is 6.92 Å². The number of carbonyl (C=O) groups excluding carboxylic acids is 1. The number of nitrogens with zero attached hydrogens (tertiary/aromatic N) is 1. The Kier molecular flexibility index (Phi) is 3.61. The van der Waals surface area contributed by atoms with E-state index in [4.69, 9.17) is 4.42 Å². The number of carbonyl (C=O) groups is 1. The van der Waals surface area contributed by atoms with Gasteiger partial charge in [0.2, 0.25) is 0 Å². The quantitative estimate of drug-likeness (QED) is 0.328. The van der Waals surface area contributed by atoms with Crippen molar-refractivity contribution in [3.8, 4) is 0 Å². The number of esters is 1. The summed E-state index contributed by atoms with van der Waals surface area (Å²) in [6, 6.07) is 2.61. The van der Waals surface area contributed by atoms with Gasteiger partial charge in [-0.1, -0.05) is 0 Å². The monoisotopic (exact) mass is 211 g/mol. The molecule has 1 rings (SSSR count). The van der Waals surface area contributed by atoms with Crippen LogP contribution >= 0.6 is 0 Å². The Morgan fingerprint density at radius 1 is 1.67 bits per heavy atom. The fraction of sp³-hybridized carbons (Fsp3) is 0.222. The van der Waals surface area contributed by atoms with Crippen molar-refractivity contribution in [3.63, 3.8) is 0 Å². The summed E-state index contributed by atoms with van der Waals surface area (Å²) in [6.45, 7) is 1.96. The Hall–Kier alpha value is -2.11. The number of furan rings is 1. The van der Waals surface area contributed by atoms with E-state index in [2.05, 4.69) is 4.74 Å². The predicted molar refractivity (Wildman–Crippen MR) is 51.0 cm³/mol. The summed E-state index contributed by atoms with van der Waals surface area (Å²) in [4.78, 5) is 20.5. The molecule has 6 heteroatoms. The zero-order valence-electron chi connectivity index (χ0n) is 8.00. The molecule has 0 aromatic carbocycles. The van der Waals surface area contributed by atoms with Crippen molar-refractivity contribution < 1.29 is 18.9 Å². The van der Waals surface area contributed by atoms with Gasteiger partial charge in [0.25, 0.3) is 0 Å². The molecule has 0 unspecified atom stereocenters. The Bertz CT molecular complexity index is 393. The molecule has 1 heterocycles. The minimum absolute atomic E-state index is 0.231. The van der Waals surface area contributed by atoms with E-state index in [1.165, 1.54) is 18.2 Å². The summed E-state index contributed by atoms with van der Waals surface area (Å²) in [6.07, 6.45) is 2.46. The second-order valence-electron chi connectivity index (χ2n) is 2.52. The van der Waals surface area contributed by atoms with Gasteiger partial charge in [-0.25, -0.2) is 4.79 Å². The predicted octanol–water partition coefficient (Wildman–Crippen LogP) is 1.76. The third kappa shape index (κ3) is 3.26. The van der Waals surface area contributed by atoms with Gasteiger partial charge < -0.3 is 9.15 Å². The highest BCUT2D eigenvalue weighted by Gasteiger charge is 2.09. The van der Waals surface area contributed by atoms with Gasteiger partial charge in [-0.3, -0.25) is 10.1 Å². The highest BCUT2D eigenvalue weighted by Crippen LogP contribution is 2.16. The molecule has 0 aliphatic rings. The Balaban J connectivity index is 2.64. The summed E-state index contributed by atoms with van der Waals surface area (Å²) >= 11 is 0. The van der Waals surface area contributed by atoms with Crippen LogP contribution in [-0.2, 0) is 9.53 Å². The lowest BCUT2D eigenvalue weighted by atomic mass is 10.4. The molecule has 0 aliphatic carbocycles. The molecule has 15 heavy (non-hydrogen) atoms. The van der Waals surface area contributed by atoms with Gasteiger partial charge in [0.15, 0.2) is 0 Å². The molecule has 0 atom stereocenters. The van der Waals surface area contributed by atoms with Crippen LogP contribution in [0.2, 0.25) is 0 Å². The van der Waals surface area contributed by atoms with Crippen LogP contribution in [0.5, 0.6) is 0 Å². The second kappa shape index (κ2) is 4.94. The van der Waals surface area contributed by atoms with Gasteiger partial charge in [-0.2, -0.15) is 0 Å². The summed E-state index contributed by atoms with van der Waals surface area (Å²) in [5.74, 6) is -0.648. The van der Waals surface area contributed by atoms with Gasteiger partial charge in [0, 0.05) is 6.08 Å². The third-order valence-corrected chi connectivity index (χ3v) is 1.46. The highest BCUT2D eigenvalue weighted by atomic mass is 16.6. The highest BCUT2D eigenvalue weighted by molar-refractivity contribution is 5.86. The van der Waals surface area contributed by atoms with Crippen molar-refractivity contribution in [1.82, 2.24) is 0 Å². The molecule has 0 saturated heterocycles. The fourth-order valence-corrected chi connectivity index (χ4v) is 0.870. The van der Waals surface area contributed by atoms with E-state index in [0.29, 0.717) is 0 Å². The minimum Gasteiger partial charge on any atom is -0.463 e. The SMILES string of the molecule is CCOC(=O)/C=C/c1ccc([N+](=O)[O-])o1. The maximum absolute atomic E-state index is 10.9. The average Bonchev–Trinajstić information content (AvgIpc) is 2.63. The van der Waals surface area contributed by atoms with Gasteiger partial charge in [0.1, 0.15) is 10.7 Å². The number of hydrogen-bond donors (Lipinski definition) is 0. The Morgan fingerprint density at radius 3 is 2.93 bits per heavy atom. The number of nitro groups is 1. The van der Waals surface area contributed by atoms with Crippen LogP contribution < -0.4 is 0 Å². The van der Waals surface area contributed by atoms with Gasteiger partial charge in [-0.05, 0) is 19.1 Å². The van der Waals surface area contributed by atoms with E-state index in [1.807, 2.05) is 0 Å². The van der Waals surface area contributed by atoms with Crippen LogP contribution in [-0.4, -0.2) is 17.5 Å². The first kappa shape index (κ1) is 11.0. The van der Waals surface area contributed by atoms with E-state index in [9.17, 15) is 14.9 Å². The maximum atomic E-state index is 10.9. The average molecular weight is 211 g/mol. The first-order valence-corrected chi connectivity index (χ1v) is 4.22. The zero-order chi connectivity index (χ0) is 11.3. The first-order chi connectivity index (χ1) is 7.13. The lowest BCUT2D eigenvalue weighted by Gasteiger charge is -1.92. The van der Waals surface area contributed by atoms with Gasteiger partial charge in [-0.15, -0.1) is 0 Å². The van der Waals surface area contributed by atoms with Crippen molar-refractivity contribution in [2.75, 3.05) is 6.61 Å². The van der Waals surface area contributed by atoms with Crippen molar-refractivity contribution in [2.24, 2.45) is 0 Å². The van der Waals surface area contributed by atoms with E-state index < -0.39 is 10.9 Å². The zero-order valence-corrected chi connectivity index (χ0v) is 8.00. The largest absolute Gasteiger partial charge is 0.463 e. The molecular weight excluding hydrogens is 202 g/mol. The summed E-state index contributed by atoms with van der Waals surface area (Å²) in [5, 5.41) is 10.3. The topological polar surface area (TPSA) is 82.6 Å². The number of ether oxygens (including phenoxy) is 1. The van der Waals surface area contributed by atoms with Crippen LogP contribution in [0, 0.1) is 10.1 Å². The molecular formula is C9H9NO5. The molecule has 0 fully saturated rings. The maximum Gasteiger partial charge on any atom is 0.433 e. The van der Waals surface area contributed by atoms with Crippen molar-refractivity contribution in [2.45, 2.75) is 6.92 Å². The van der Waals surface area contributed by atoms with Crippen LogP contribution in [0.1, 0.15) is 12.7 Å². The summed E-state index contributed by atoms with van der Waals surface area (Å²) in [5.41, 5.74) is 0. The first-order valence-electron chi connectivity index (χ1n) is 4.22. The lowest BCUT2D eigenvalue weighted by Crippen LogP contribution is -1.98. The molecule has 0 aliphatic heterocycles. The Labute approximate surface area is 85.3 Å². The lowest BCUT2D eigenvalue weighted by molar-refractivity contribution is -0.402. The number of hydrogen-bond acceptors (Lipinski definition) is 5. The van der Waals surface area contributed by atoms with Crippen LogP contribution in [0.3, 0.4) is 0 Å².